The van der Waals surface area contributed by atoms with E-state index in [0.29, 0.717) is 0 Å². The average Bonchev–Trinajstić information content (AvgIpc) is 3.01. The van der Waals surface area contributed by atoms with Gasteiger partial charge in [0.2, 0.25) is 0 Å². The standard InChI is InChI=1S/C11F20O9S2/c12-1(32)2(5(15,16)17)35-3(13,6(18,19)37-8(22,23)10(26,27)41-40-39-30)4(14,36-2)7(20,21)38-9(24,25)11(28,29)42(31,33)34. The van der Waals surface area contributed by atoms with Crippen LogP contribution < -0.4 is 0 Å². The topological polar surface area (TPSA) is 107 Å². The highest BCUT2D eigenvalue weighted by Crippen LogP contribution is 2.65. The molecule has 42 heavy (non-hydrogen) atoms. The van der Waals surface area contributed by atoms with E-state index in [1.54, 1.807) is 9.83 Å². The summed E-state index contributed by atoms with van der Waals surface area (Å²) in [6, 6.07) is -4.84. The predicted molar refractivity (Wildman–Crippen MR) is 77.5 cm³/mol. The van der Waals surface area contributed by atoms with Crippen molar-refractivity contribution in [3.05, 3.63) is 0 Å². The Kier molecular flexibility index (Phi) is 9.55. The van der Waals surface area contributed by atoms with E-state index < -0.39 is 86.9 Å². The molecular formula is C11F20O9S2. The normalized spacial score (nSPS) is 27.4. The summed E-state index contributed by atoms with van der Waals surface area (Å²) in [6.07, 6.45) is -39.4. The minimum absolute atomic E-state index is 1.37. The molecule has 0 aromatic carbocycles. The lowest BCUT2D eigenvalue weighted by Crippen LogP contribution is -2.69. The monoisotopic (exact) mass is 720 g/mol. The minimum Gasteiger partial charge on any atom is -0.284 e. The minimum atomic E-state index is -8.29. The molecule has 1 saturated heterocycles. The van der Waals surface area contributed by atoms with Crippen LogP contribution in [0.3, 0.4) is 0 Å². The number of alkyl halides is 17. The summed E-state index contributed by atoms with van der Waals surface area (Å²) in [5, 5.41) is -12.7. The summed E-state index contributed by atoms with van der Waals surface area (Å²) in [5.41, 5.74) is 0. The van der Waals surface area contributed by atoms with Crippen molar-refractivity contribution in [2.24, 2.45) is 0 Å². The van der Waals surface area contributed by atoms with Gasteiger partial charge in [-0.3, -0.25) is 14.3 Å². The van der Waals surface area contributed by atoms with Crippen molar-refractivity contribution in [3.63, 3.8) is 0 Å². The van der Waals surface area contributed by atoms with Gasteiger partial charge in [0.1, 0.15) is 12.0 Å². The zero-order chi connectivity index (χ0) is 34.0. The van der Waals surface area contributed by atoms with Gasteiger partial charge in [0.25, 0.3) is 0 Å². The van der Waals surface area contributed by atoms with Crippen molar-refractivity contribution in [2.75, 3.05) is 0 Å². The van der Waals surface area contributed by atoms with Crippen molar-refractivity contribution in [2.45, 2.75) is 58.6 Å². The third-order valence-corrected chi connectivity index (χ3v) is 5.44. The van der Waals surface area contributed by atoms with Crippen LogP contribution in [0.5, 0.6) is 0 Å². The number of hydrogen-bond acceptors (Lipinski definition) is 10. The summed E-state index contributed by atoms with van der Waals surface area (Å²) in [7, 11) is -8.27. The van der Waals surface area contributed by atoms with Crippen molar-refractivity contribution in [1.82, 2.24) is 0 Å². The fourth-order valence-corrected chi connectivity index (χ4v) is 2.74. The second kappa shape index (κ2) is 10.5. The average molecular weight is 720 g/mol. The Morgan fingerprint density at radius 2 is 1.07 bits per heavy atom. The van der Waals surface area contributed by atoms with Crippen molar-refractivity contribution < 1.29 is 129 Å². The summed E-state index contributed by atoms with van der Waals surface area (Å²) in [5.74, 6) is -23.3. The van der Waals surface area contributed by atoms with Gasteiger partial charge in [0, 0.05) is 0 Å². The molecule has 0 aromatic rings. The number of hydrogen-bond donors (Lipinski definition) is 0. The zero-order valence-corrected chi connectivity index (χ0v) is 19.2. The molecule has 0 N–H and O–H groups in total. The Labute approximate surface area is 217 Å². The lowest BCUT2D eigenvalue weighted by molar-refractivity contribution is -0.525. The van der Waals surface area contributed by atoms with E-state index in [1.165, 1.54) is 4.74 Å². The maximum atomic E-state index is 15.0. The number of ether oxygens (including phenoxy) is 4. The maximum absolute atomic E-state index is 15.0. The molecule has 1 aliphatic rings. The summed E-state index contributed by atoms with van der Waals surface area (Å²) in [4.78, 5) is 10.7. The molecule has 0 aromatic heterocycles. The molecule has 3 unspecified atom stereocenters. The Balaban J connectivity index is 4.01. The first kappa shape index (κ1) is 38.4. The highest BCUT2D eigenvalue weighted by atomic mass is 32.3. The Morgan fingerprint density at radius 1 is 0.714 bits per heavy atom. The molecular weight excluding hydrogens is 720 g/mol. The molecule has 1 fully saturated rings. The van der Waals surface area contributed by atoms with E-state index in [4.69, 9.17) is 0 Å². The van der Waals surface area contributed by atoms with E-state index in [-0.39, 0.29) is 0 Å². The van der Waals surface area contributed by atoms with Crippen LogP contribution in [0.25, 0.3) is 0 Å². The van der Waals surface area contributed by atoms with Gasteiger partial charge in [-0.15, -0.1) is 4.33 Å². The molecule has 250 valence electrons. The van der Waals surface area contributed by atoms with Crippen LogP contribution in [-0.2, 0) is 43.4 Å². The number of rotatable bonds is 13. The van der Waals surface area contributed by atoms with Crippen LogP contribution in [0, 0.1) is 0 Å². The van der Waals surface area contributed by atoms with Gasteiger partial charge in [0.05, 0.1) is 0 Å². The number of halogens is 20. The lowest BCUT2D eigenvalue weighted by atomic mass is 10.1. The van der Waals surface area contributed by atoms with Crippen LogP contribution in [0.1, 0.15) is 0 Å². The van der Waals surface area contributed by atoms with Gasteiger partial charge in [-0.05, 0) is 9.62 Å². The first-order valence-corrected chi connectivity index (χ1v) is 10.5. The van der Waals surface area contributed by atoms with Gasteiger partial charge in [-0.1, -0.05) is 3.89 Å². The zero-order valence-electron chi connectivity index (χ0n) is 17.6. The van der Waals surface area contributed by atoms with E-state index >= 15 is 0 Å². The largest absolute Gasteiger partial charge is 0.464 e. The van der Waals surface area contributed by atoms with Gasteiger partial charge in [-0.2, -0.15) is 87.4 Å². The van der Waals surface area contributed by atoms with E-state index in [0.717, 1.165) is 0 Å². The van der Waals surface area contributed by atoms with Crippen LogP contribution in [0.15, 0.2) is 0 Å². The predicted octanol–water partition coefficient (Wildman–Crippen LogP) is 5.49. The van der Waals surface area contributed by atoms with Crippen molar-refractivity contribution in [3.8, 4) is 0 Å². The lowest BCUT2D eigenvalue weighted by Gasteiger charge is -2.40. The highest BCUT2D eigenvalue weighted by molar-refractivity contribution is 7.95. The molecule has 0 radical (unpaired) electrons. The van der Waals surface area contributed by atoms with Gasteiger partial charge in [0.15, 0.2) is 0 Å². The third-order valence-electron chi connectivity index (χ3n) is 4.02. The Bertz CT molecular complexity index is 1140. The molecule has 1 heterocycles. The van der Waals surface area contributed by atoms with Gasteiger partial charge >= 0.3 is 74.9 Å². The van der Waals surface area contributed by atoms with E-state index in [2.05, 4.69) is 9.07 Å². The first-order valence-electron chi connectivity index (χ1n) is 8.37. The number of carbonyl (C=O) groups is 1. The van der Waals surface area contributed by atoms with Crippen LogP contribution in [0.2, 0.25) is 0 Å². The van der Waals surface area contributed by atoms with Crippen molar-refractivity contribution in [1.29, 1.82) is 0 Å². The molecule has 3 atom stereocenters. The van der Waals surface area contributed by atoms with Crippen LogP contribution >= 0.6 is 12.0 Å². The second-order valence-electron chi connectivity index (χ2n) is 6.74. The molecule has 1 aliphatic heterocycles. The number of carbonyl (C=O) groups excluding carboxylic acids is 1. The summed E-state index contributed by atoms with van der Waals surface area (Å²) < 4.78 is 299. The third kappa shape index (κ3) is 5.76. The van der Waals surface area contributed by atoms with E-state index in [9.17, 15) is 101 Å². The second-order valence-corrected chi connectivity index (χ2v) is 8.94. The van der Waals surface area contributed by atoms with Crippen LogP contribution in [0.4, 0.5) is 87.4 Å². The molecule has 0 aliphatic carbocycles. The highest BCUT2D eigenvalue weighted by Gasteiger charge is 2.96. The van der Waals surface area contributed by atoms with Gasteiger partial charge < -0.3 is 0 Å². The van der Waals surface area contributed by atoms with Gasteiger partial charge in [-0.25, -0.2) is 9.47 Å². The fraction of sp³-hybridized carbons (Fsp3) is 0.909. The molecule has 0 spiro atoms. The summed E-state index contributed by atoms with van der Waals surface area (Å²) in [6.45, 7) is 0. The molecule has 31 heteroatoms. The van der Waals surface area contributed by atoms with Crippen LogP contribution in [-0.4, -0.2) is 73.1 Å². The quantitative estimate of drug-likeness (QED) is 0.0798. The SMILES string of the molecule is O=C(F)C1(C(F)(F)F)OC(F)(C(F)(F)OC(F)(F)C(F)(F)SOOF)C(F)(C(F)(F)OC(F)(F)C(F)(F)S(=O)(=O)F)O1. The van der Waals surface area contributed by atoms with E-state index in [1.807, 2.05) is 4.74 Å². The smallest absolute Gasteiger partial charge is 0.284 e. The molecule has 0 bridgehead atoms. The first-order chi connectivity index (χ1) is 18.1. The summed E-state index contributed by atoms with van der Waals surface area (Å²) >= 11 is -2.47. The molecule has 1 rings (SSSR count). The Morgan fingerprint density at radius 3 is 1.36 bits per heavy atom. The fourth-order valence-electron chi connectivity index (χ4n) is 2.17. The molecule has 0 saturated carbocycles. The molecule has 9 nitrogen and oxygen atoms in total. The van der Waals surface area contributed by atoms with Crippen molar-refractivity contribution >= 4 is 28.3 Å². The maximum Gasteiger partial charge on any atom is 0.464 e. The Hall–Kier alpha value is -1.67. The molecule has 0 amide bonds.